The summed E-state index contributed by atoms with van der Waals surface area (Å²) in [5.74, 6) is -0.886. The van der Waals surface area contributed by atoms with Crippen molar-refractivity contribution >= 4 is 25.7 Å². The molecule has 1 rings (SSSR count). The van der Waals surface area contributed by atoms with Gasteiger partial charge in [0, 0.05) is 18.8 Å². The molecular formula is C10H16FN3O4S2. The van der Waals surface area contributed by atoms with Crippen LogP contribution in [-0.2, 0) is 20.0 Å². The van der Waals surface area contributed by atoms with Crippen molar-refractivity contribution in [3.05, 3.63) is 23.5 Å². The summed E-state index contributed by atoms with van der Waals surface area (Å²) in [5.41, 5.74) is 5.72. The van der Waals surface area contributed by atoms with E-state index in [0.29, 0.717) is 0 Å². The third-order valence-corrected chi connectivity index (χ3v) is 4.50. The van der Waals surface area contributed by atoms with Crippen LogP contribution in [0.3, 0.4) is 0 Å². The Kier molecular flexibility index (Phi) is 5.08. The first-order valence-corrected chi connectivity index (χ1v) is 8.90. The van der Waals surface area contributed by atoms with Crippen molar-refractivity contribution in [3.63, 3.8) is 0 Å². The Morgan fingerprint density at radius 3 is 2.25 bits per heavy atom. The van der Waals surface area contributed by atoms with Gasteiger partial charge in [0.05, 0.1) is 6.26 Å². The molecule has 10 heteroatoms. The van der Waals surface area contributed by atoms with E-state index in [0.717, 1.165) is 12.3 Å². The third kappa shape index (κ3) is 4.71. The first kappa shape index (κ1) is 16.8. The van der Waals surface area contributed by atoms with E-state index in [-0.39, 0.29) is 24.3 Å². The number of hydrogen-bond donors (Lipinski definition) is 3. The lowest BCUT2D eigenvalue weighted by Crippen LogP contribution is -2.34. The van der Waals surface area contributed by atoms with Crippen LogP contribution in [0.25, 0.3) is 0 Å². The van der Waals surface area contributed by atoms with Crippen molar-refractivity contribution in [2.24, 2.45) is 0 Å². The Hall–Kier alpha value is -1.23. The maximum Gasteiger partial charge on any atom is 0.243 e. The summed E-state index contributed by atoms with van der Waals surface area (Å²) in [7, 11) is -7.50. The lowest BCUT2D eigenvalue weighted by Gasteiger charge is -2.10. The number of halogens is 1. The minimum atomic E-state index is -4.09. The number of nitrogens with two attached hydrogens (primary N) is 1. The van der Waals surface area contributed by atoms with E-state index in [2.05, 4.69) is 9.44 Å². The largest absolute Gasteiger partial charge is 0.399 e. The average Bonchev–Trinajstić information content (AvgIpc) is 2.28. The molecule has 0 aliphatic rings. The maximum absolute atomic E-state index is 13.8. The van der Waals surface area contributed by atoms with Crippen molar-refractivity contribution in [1.29, 1.82) is 0 Å². The highest BCUT2D eigenvalue weighted by Gasteiger charge is 2.20. The lowest BCUT2D eigenvalue weighted by atomic mass is 10.2. The number of aryl methyl sites for hydroxylation is 1. The number of anilines is 1. The fraction of sp³-hybridized carbons (Fsp3) is 0.400. The molecule has 0 saturated heterocycles. The normalized spacial score (nSPS) is 12.6. The molecule has 0 spiro atoms. The molecule has 0 aromatic heterocycles. The second-order valence-corrected chi connectivity index (χ2v) is 7.78. The van der Waals surface area contributed by atoms with Crippen molar-refractivity contribution < 1.29 is 21.2 Å². The molecule has 1 aromatic rings. The van der Waals surface area contributed by atoms with E-state index < -0.39 is 30.8 Å². The molecule has 0 heterocycles. The summed E-state index contributed by atoms with van der Waals surface area (Å²) in [4.78, 5) is -0.561. The number of sulfonamides is 2. The summed E-state index contributed by atoms with van der Waals surface area (Å²) >= 11 is 0. The predicted molar refractivity (Wildman–Crippen MR) is 73.6 cm³/mol. The molecule has 1 aromatic carbocycles. The van der Waals surface area contributed by atoms with Crippen LogP contribution in [0.2, 0.25) is 0 Å². The molecule has 20 heavy (non-hydrogen) atoms. The molecule has 0 radical (unpaired) electrons. The van der Waals surface area contributed by atoms with Gasteiger partial charge < -0.3 is 5.73 Å². The molecule has 0 aliphatic heterocycles. The van der Waals surface area contributed by atoms with Gasteiger partial charge in [0.2, 0.25) is 20.0 Å². The van der Waals surface area contributed by atoms with Crippen LogP contribution in [0.4, 0.5) is 10.1 Å². The summed E-state index contributed by atoms with van der Waals surface area (Å²) in [5, 5.41) is 0. The van der Waals surface area contributed by atoms with Gasteiger partial charge in [-0.05, 0) is 24.6 Å². The van der Waals surface area contributed by atoms with Crippen LogP contribution in [0.5, 0.6) is 0 Å². The van der Waals surface area contributed by atoms with Gasteiger partial charge in [0.15, 0.2) is 0 Å². The molecule has 0 amide bonds. The first-order chi connectivity index (χ1) is 9.03. The number of rotatable bonds is 6. The highest BCUT2D eigenvalue weighted by atomic mass is 32.2. The number of nitrogens with one attached hydrogen (secondary N) is 2. The van der Waals surface area contributed by atoms with Crippen molar-refractivity contribution in [2.45, 2.75) is 11.8 Å². The highest BCUT2D eigenvalue weighted by Crippen LogP contribution is 2.21. The minimum Gasteiger partial charge on any atom is -0.399 e. The van der Waals surface area contributed by atoms with Gasteiger partial charge in [-0.25, -0.2) is 30.7 Å². The van der Waals surface area contributed by atoms with Crippen LogP contribution < -0.4 is 15.2 Å². The van der Waals surface area contributed by atoms with Gasteiger partial charge in [-0.1, -0.05) is 0 Å². The summed E-state index contributed by atoms with van der Waals surface area (Å²) in [6.45, 7) is 1.06. The number of hydrogen-bond acceptors (Lipinski definition) is 5. The Balaban J connectivity index is 2.85. The molecule has 0 atom stereocenters. The number of nitrogen functional groups attached to an aromatic ring is 1. The average molecular weight is 325 g/mol. The topological polar surface area (TPSA) is 118 Å². The third-order valence-electron chi connectivity index (χ3n) is 2.31. The molecule has 0 unspecified atom stereocenters. The summed E-state index contributed by atoms with van der Waals surface area (Å²) < 4.78 is 63.4. The van der Waals surface area contributed by atoms with Crippen molar-refractivity contribution in [1.82, 2.24) is 9.44 Å². The van der Waals surface area contributed by atoms with E-state index in [9.17, 15) is 21.2 Å². The van der Waals surface area contributed by atoms with E-state index in [1.165, 1.54) is 13.0 Å². The van der Waals surface area contributed by atoms with Crippen LogP contribution >= 0.6 is 0 Å². The van der Waals surface area contributed by atoms with E-state index in [1.54, 1.807) is 0 Å². The first-order valence-electron chi connectivity index (χ1n) is 5.53. The van der Waals surface area contributed by atoms with Crippen LogP contribution in [0.15, 0.2) is 17.0 Å². The van der Waals surface area contributed by atoms with Gasteiger partial charge in [-0.15, -0.1) is 0 Å². The maximum atomic E-state index is 13.8. The molecular weight excluding hydrogens is 309 g/mol. The standard InChI is InChI=1S/C10H16FN3O4S2/c1-7-5-8(12)6-9(10(7)11)20(17,18)14-4-3-13-19(2,15)16/h5-6,13-14H,3-4,12H2,1-2H3. The van der Waals surface area contributed by atoms with Gasteiger partial charge in [-0.2, -0.15) is 0 Å². The quantitative estimate of drug-likeness (QED) is 0.483. The van der Waals surface area contributed by atoms with Crippen molar-refractivity contribution in [3.8, 4) is 0 Å². The van der Waals surface area contributed by atoms with Crippen LogP contribution in [0.1, 0.15) is 5.56 Å². The zero-order valence-electron chi connectivity index (χ0n) is 11.0. The molecule has 0 bridgehead atoms. The zero-order valence-corrected chi connectivity index (χ0v) is 12.6. The predicted octanol–water partition coefficient (Wildman–Crippen LogP) is -0.456. The Bertz CT molecular complexity index is 701. The second kappa shape index (κ2) is 6.04. The monoisotopic (exact) mass is 325 g/mol. The molecule has 0 fully saturated rings. The highest BCUT2D eigenvalue weighted by molar-refractivity contribution is 7.89. The van der Waals surface area contributed by atoms with Gasteiger partial charge in [-0.3, -0.25) is 0 Å². The van der Waals surface area contributed by atoms with Crippen LogP contribution in [0, 0.1) is 12.7 Å². The van der Waals surface area contributed by atoms with E-state index in [4.69, 9.17) is 5.73 Å². The molecule has 0 saturated carbocycles. The summed E-state index contributed by atoms with van der Waals surface area (Å²) in [6.07, 6.45) is 0.947. The Labute approximate surface area is 117 Å². The van der Waals surface area contributed by atoms with Gasteiger partial charge in [0.25, 0.3) is 0 Å². The summed E-state index contributed by atoms with van der Waals surface area (Å²) in [6, 6.07) is 2.33. The van der Waals surface area contributed by atoms with E-state index >= 15 is 0 Å². The lowest BCUT2D eigenvalue weighted by molar-refractivity contribution is 0.551. The van der Waals surface area contributed by atoms with Crippen molar-refractivity contribution in [2.75, 3.05) is 25.1 Å². The van der Waals surface area contributed by atoms with Gasteiger partial charge >= 0.3 is 0 Å². The minimum absolute atomic E-state index is 0.111. The Morgan fingerprint density at radius 2 is 1.70 bits per heavy atom. The fourth-order valence-corrected chi connectivity index (χ4v) is 3.15. The molecule has 4 N–H and O–H groups in total. The zero-order chi connectivity index (χ0) is 15.6. The smallest absolute Gasteiger partial charge is 0.243 e. The molecule has 0 aliphatic carbocycles. The molecule has 114 valence electrons. The van der Waals surface area contributed by atoms with E-state index in [1.807, 2.05) is 0 Å². The number of benzene rings is 1. The Morgan fingerprint density at radius 1 is 1.15 bits per heavy atom. The second-order valence-electron chi connectivity index (χ2n) is 4.21. The molecule has 7 nitrogen and oxygen atoms in total. The van der Waals surface area contributed by atoms with Crippen LogP contribution in [-0.4, -0.2) is 36.2 Å². The fourth-order valence-electron chi connectivity index (χ4n) is 1.46. The SMILES string of the molecule is Cc1cc(N)cc(S(=O)(=O)NCCNS(C)(=O)=O)c1F. The van der Waals surface area contributed by atoms with Gasteiger partial charge in [0.1, 0.15) is 10.7 Å².